The van der Waals surface area contributed by atoms with Crippen LogP contribution in [0.1, 0.15) is 30.9 Å². The van der Waals surface area contributed by atoms with Crippen LogP contribution in [0.5, 0.6) is 0 Å². The Kier molecular flexibility index (Phi) is 6.23. The predicted octanol–water partition coefficient (Wildman–Crippen LogP) is 3.08. The van der Waals surface area contributed by atoms with Crippen LogP contribution in [-0.2, 0) is 17.5 Å². The second-order valence-corrected chi connectivity index (χ2v) is 6.16. The molecule has 0 saturated carbocycles. The van der Waals surface area contributed by atoms with Gasteiger partial charge >= 0.3 is 12.1 Å². The second kappa shape index (κ2) is 7.98. The lowest BCUT2D eigenvalue weighted by atomic mass is 10.0. The Labute approximate surface area is 139 Å². The summed E-state index contributed by atoms with van der Waals surface area (Å²) in [6, 6.07) is 5.67. The summed E-state index contributed by atoms with van der Waals surface area (Å²) < 4.78 is 38.3. The third-order valence-corrected chi connectivity index (χ3v) is 4.48. The van der Waals surface area contributed by atoms with Crippen LogP contribution in [0, 0.1) is 0 Å². The lowest BCUT2D eigenvalue weighted by Gasteiger charge is -2.37. The van der Waals surface area contributed by atoms with Crippen molar-refractivity contribution in [3.63, 3.8) is 0 Å². The molecule has 24 heavy (non-hydrogen) atoms. The molecule has 1 fully saturated rings. The number of carbonyl (C=O) groups is 1. The van der Waals surface area contributed by atoms with E-state index in [1.54, 1.807) is 6.07 Å². The fourth-order valence-electron chi connectivity index (χ4n) is 3.22. The van der Waals surface area contributed by atoms with Crippen molar-refractivity contribution in [3.8, 4) is 0 Å². The SMILES string of the molecule is CCN(CC(=O)O)C1CCN(Cc2cccc(C(F)(F)F)c2)CC1. The van der Waals surface area contributed by atoms with E-state index in [9.17, 15) is 18.0 Å². The summed E-state index contributed by atoms with van der Waals surface area (Å²) in [6.45, 7) is 4.67. The molecule has 4 nitrogen and oxygen atoms in total. The number of carboxylic acid groups (broad SMARTS) is 1. The minimum absolute atomic E-state index is 0.0365. The van der Waals surface area contributed by atoms with Crippen LogP contribution in [0.25, 0.3) is 0 Å². The second-order valence-electron chi connectivity index (χ2n) is 6.16. The minimum Gasteiger partial charge on any atom is -0.480 e. The summed E-state index contributed by atoms with van der Waals surface area (Å²) in [5, 5.41) is 8.94. The molecule has 0 spiro atoms. The number of hydrogen-bond acceptors (Lipinski definition) is 3. The van der Waals surface area contributed by atoms with E-state index in [0.29, 0.717) is 18.7 Å². The highest BCUT2D eigenvalue weighted by Crippen LogP contribution is 2.30. The van der Waals surface area contributed by atoms with Crippen LogP contribution in [0.3, 0.4) is 0 Å². The Hall–Kier alpha value is -1.60. The highest BCUT2D eigenvalue weighted by atomic mass is 19.4. The van der Waals surface area contributed by atoms with E-state index >= 15 is 0 Å². The molecule has 1 aromatic rings. The molecule has 7 heteroatoms. The average Bonchev–Trinajstić information content (AvgIpc) is 2.53. The Morgan fingerprint density at radius 2 is 2.00 bits per heavy atom. The van der Waals surface area contributed by atoms with Gasteiger partial charge < -0.3 is 5.11 Å². The molecule has 1 aliphatic heterocycles. The van der Waals surface area contributed by atoms with Gasteiger partial charge in [0.15, 0.2) is 0 Å². The maximum absolute atomic E-state index is 12.8. The van der Waals surface area contributed by atoms with Gasteiger partial charge in [-0.1, -0.05) is 25.1 Å². The molecule has 0 radical (unpaired) electrons. The molecule has 1 aliphatic rings. The molecule has 0 amide bonds. The maximum atomic E-state index is 12.8. The quantitative estimate of drug-likeness (QED) is 0.861. The van der Waals surface area contributed by atoms with Gasteiger partial charge in [-0.2, -0.15) is 13.2 Å². The van der Waals surface area contributed by atoms with Gasteiger partial charge in [0, 0.05) is 12.6 Å². The van der Waals surface area contributed by atoms with Crippen molar-refractivity contribution in [2.45, 2.75) is 38.5 Å². The van der Waals surface area contributed by atoms with Crippen molar-refractivity contribution in [2.24, 2.45) is 0 Å². The first-order valence-corrected chi connectivity index (χ1v) is 8.14. The number of rotatable bonds is 6. The molecular formula is C17H23F3N2O2. The van der Waals surface area contributed by atoms with E-state index in [4.69, 9.17) is 5.11 Å². The van der Waals surface area contributed by atoms with E-state index in [1.807, 2.05) is 11.8 Å². The van der Waals surface area contributed by atoms with E-state index in [2.05, 4.69) is 4.90 Å². The van der Waals surface area contributed by atoms with Crippen molar-refractivity contribution >= 4 is 5.97 Å². The van der Waals surface area contributed by atoms with Crippen LogP contribution in [0.4, 0.5) is 13.2 Å². The zero-order valence-electron chi connectivity index (χ0n) is 13.7. The minimum atomic E-state index is -4.32. The molecule has 0 aliphatic carbocycles. The summed E-state index contributed by atoms with van der Waals surface area (Å²) in [7, 11) is 0. The number of aliphatic carboxylic acids is 1. The van der Waals surface area contributed by atoms with Gasteiger partial charge in [-0.25, -0.2) is 0 Å². The molecule has 1 heterocycles. The van der Waals surface area contributed by atoms with Crippen molar-refractivity contribution in [1.29, 1.82) is 0 Å². The summed E-state index contributed by atoms with van der Waals surface area (Å²) >= 11 is 0. The molecule has 2 rings (SSSR count). The van der Waals surface area contributed by atoms with Crippen LogP contribution in [0.15, 0.2) is 24.3 Å². The van der Waals surface area contributed by atoms with Crippen LogP contribution < -0.4 is 0 Å². The first-order chi connectivity index (χ1) is 11.3. The molecule has 0 bridgehead atoms. The maximum Gasteiger partial charge on any atom is 0.416 e. The third-order valence-electron chi connectivity index (χ3n) is 4.48. The number of carboxylic acids is 1. The normalized spacial score (nSPS) is 17.4. The summed E-state index contributed by atoms with van der Waals surface area (Å²) in [4.78, 5) is 15.0. The average molecular weight is 344 g/mol. The van der Waals surface area contributed by atoms with Crippen LogP contribution in [-0.4, -0.2) is 53.1 Å². The van der Waals surface area contributed by atoms with Crippen molar-refractivity contribution in [3.05, 3.63) is 35.4 Å². The van der Waals surface area contributed by atoms with E-state index in [-0.39, 0.29) is 12.6 Å². The largest absolute Gasteiger partial charge is 0.480 e. The topological polar surface area (TPSA) is 43.8 Å². The Bertz CT molecular complexity index is 555. The number of piperidine rings is 1. The van der Waals surface area contributed by atoms with Crippen molar-refractivity contribution in [1.82, 2.24) is 9.80 Å². The van der Waals surface area contributed by atoms with E-state index in [0.717, 1.165) is 32.0 Å². The van der Waals surface area contributed by atoms with Gasteiger partial charge in [-0.3, -0.25) is 14.6 Å². The number of likely N-dealkylation sites (tertiary alicyclic amines) is 1. The lowest BCUT2D eigenvalue weighted by Crippen LogP contribution is -2.46. The zero-order valence-corrected chi connectivity index (χ0v) is 13.7. The molecule has 0 unspecified atom stereocenters. The number of nitrogens with zero attached hydrogens (tertiary/aromatic N) is 2. The Balaban J connectivity index is 1.90. The standard InChI is InChI=1S/C17H23F3N2O2/c1-2-22(12-16(23)24)15-6-8-21(9-7-15)11-13-4-3-5-14(10-13)17(18,19)20/h3-5,10,15H,2,6-9,11-12H2,1H3,(H,23,24). The summed E-state index contributed by atoms with van der Waals surface area (Å²) in [5.41, 5.74) is 0.0367. The van der Waals surface area contributed by atoms with Gasteiger partial charge in [0.1, 0.15) is 0 Å². The molecule has 0 aromatic heterocycles. The molecular weight excluding hydrogens is 321 g/mol. The first-order valence-electron chi connectivity index (χ1n) is 8.14. The van der Waals surface area contributed by atoms with E-state index < -0.39 is 17.7 Å². The number of likely N-dealkylation sites (N-methyl/N-ethyl adjacent to an activating group) is 1. The smallest absolute Gasteiger partial charge is 0.416 e. The number of alkyl halides is 3. The highest BCUT2D eigenvalue weighted by molar-refractivity contribution is 5.69. The zero-order chi connectivity index (χ0) is 17.7. The molecule has 134 valence electrons. The summed E-state index contributed by atoms with van der Waals surface area (Å²) in [6.07, 6.45) is -2.65. The summed E-state index contributed by atoms with van der Waals surface area (Å²) in [5.74, 6) is -0.830. The Morgan fingerprint density at radius 1 is 1.33 bits per heavy atom. The number of benzene rings is 1. The molecule has 0 atom stereocenters. The number of hydrogen-bond donors (Lipinski definition) is 1. The van der Waals surface area contributed by atoms with Gasteiger partial charge in [0.2, 0.25) is 0 Å². The monoisotopic (exact) mass is 344 g/mol. The molecule has 1 saturated heterocycles. The van der Waals surface area contributed by atoms with E-state index in [1.165, 1.54) is 12.1 Å². The molecule has 1 N–H and O–H groups in total. The highest BCUT2D eigenvalue weighted by Gasteiger charge is 2.30. The van der Waals surface area contributed by atoms with Gasteiger partial charge in [0.05, 0.1) is 12.1 Å². The van der Waals surface area contributed by atoms with Crippen LogP contribution >= 0.6 is 0 Å². The van der Waals surface area contributed by atoms with Crippen molar-refractivity contribution in [2.75, 3.05) is 26.2 Å². The first kappa shape index (κ1) is 18.7. The fourth-order valence-corrected chi connectivity index (χ4v) is 3.22. The molecule has 1 aromatic carbocycles. The predicted molar refractivity (Wildman–Crippen MR) is 84.6 cm³/mol. The number of halogens is 3. The van der Waals surface area contributed by atoms with Gasteiger partial charge in [-0.15, -0.1) is 0 Å². The van der Waals surface area contributed by atoms with Crippen LogP contribution in [0.2, 0.25) is 0 Å². The van der Waals surface area contributed by atoms with Gasteiger partial charge in [0.25, 0.3) is 0 Å². The fraction of sp³-hybridized carbons (Fsp3) is 0.588. The van der Waals surface area contributed by atoms with Gasteiger partial charge in [-0.05, 0) is 44.1 Å². The lowest BCUT2D eigenvalue weighted by molar-refractivity contribution is -0.139. The Morgan fingerprint density at radius 3 is 2.54 bits per heavy atom. The third kappa shape index (κ3) is 5.21. The van der Waals surface area contributed by atoms with Crippen molar-refractivity contribution < 1.29 is 23.1 Å².